The van der Waals surface area contributed by atoms with Gasteiger partial charge in [0.1, 0.15) is 5.75 Å². The Labute approximate surface area is 131 Å². The van der Waals surface area contributed by atoms with Crippen LogP contribution in [0.1, 0.15) is 42.9 Å². The van der Waals surface area contributed by atoms with E-state index in [2.05, 4.69) is 12.2 Å². The highest BCUT2D eigenvalue weighted by atomic mass is 16.5. The molecule has 2 aromatic rings. The summed E-state index contributed by atoms with van der Waals surface area (Å²) in [5.74, 6) is 0.874. The lowest BCUT2D eigenvalue weighted by Gasteiger charge is -2.28. The molecule has 0 spiro atoms. The number of ether oxygens (including phenoxy) is 1. The third-order valence-corrected chi connectivity index (χ3v) is 4.20. The Morgan fingerprint density at radius 2 is 1.91 bits per heavy atom. The highest BCUT2D eigenvalue weighted by molar-refractivity contribution is 5.84. The third-order valence-electron chi connectivity index (χ3n) is 4.20. The maximum atomic E-state index is 12.7. The Hall–Kier alpha value is -2.29. The molecule has 3 rings (SSSR count). The number of hydrogen-bond donors (Lipinski definition) is 1. The lowest BCUT2D eigenvalue weighted by Crippen LogP contribution is -2.35. The second-order valence-corrected chi connectivity index (χ2v) is 5.61. The van der Waals surface area contributed by atoms with Gasteiger partial charge in [-0.2, -0.15) is 0 Å². The van der Waals surface area contributed by atoms with Crippen LogP contribution in [0.4, 0.5) is 0 Å². The van der Waals surface area contributed by atoms with E-state index in [1.165, 1.54) is 0 Å². The quantitative estimate of drug-likeness (QED) is 0.931. The van der Waals surface area contributed by atoms with Crippen molar-refractivity contribution >= 4 is 5.91 Å². The second kappa shape index (κ2) is 6.65. The van der Waals surface area contributed by atoms with Crippen LogP contribution in [0.2, 0.25) is 0 Å². The van der Waals surface area contributed by atoms with E-state index in [0.29, 0.717) is 6.61 Å². The molecule has 0 saturated heterocycles. The molecule has 0 radical (unpaired) electrons. The zero-order chi connectivity index (χ0) is 15.4. The Balaban J connectivity index is 1.77. The van der Waals surface area contributed by atoms with Gasteiger partial charge >= 0.3 is 0 Å². The van der Waals surface area contributed by atoms with E-state index in [9.17, 15) is 4.79 Å². The van der Waals surface area contributed by atoms with Crippen LogP contribution >= 0.6 is 0 Å². The minimum Gasteiger partial charge on any atom is -0.493 e. The van der Waals surface area contributed by atoms with Crippen LogP contribution in [0.15, 0.2) is 54.6 Å². The average molecular weight is 295 g/mol. The summed E-state index contributed by atoms with van der Waals surface area (Å²) in [5.41, 5.74) is 2.15. The summed E-state index contributed by atoms with van der Waals surface area (Å²) in [7, 11) is 0. The maximum absolute atomic E-state index is 12.7. The van der Waals surface area contributed by atoms with Crippen molar-refractivity contribution in [2.45, 2.75) is 31.7 Å². The van der Waals surface area contributed by atoms with Gasteiger partial charge in [-0.05, 0) is 18.1 Å². The first kappa shape index (κ1) is 14.6. The molecular formula is C19H21NO2. The number of amides is 1. The average Bonchev–Trinajstić information content (AvgIpc) is 2.57. The summed E-state index contributed by atoms with van der Waals surface area (Å²) in [6.07, 6.45) is 1.61. The summed E-state index contributed by atoms with van der Waals surface area (Å²) in [6, 6.07) is 18.0. The number of fused-ring (bicyclic) bond motifs is 1. The van der Waals surface area contributed by atoms with Crippen LogP contribution in [0.5, 0.6) is 5.75 Å². The molecule has 0 fully saturated rings. The van der Waals surface area contributed by atoms with Crippen molar-refractivity contribution in [2.24, 2.45) is 0 Å². The molecule has 3 nitrogen and oxygen atoms in total. The summed E-state index contributed by atoms with van der Waals surface area (Å²) in [4.78, 5) is 12.7. The van der Waals surface area contributed by atoms with Crippen molar-refractivity contribution in [3.63, 3.8) is 0 Å². The zero-order valence-corrected chi connectivity index (χ0v) is 12.8. The third kappa shape index (κ3) is 2.98. The fourth-order valence-corrected chi connectivity index (χ4v) is 3.02. The van der Waals surface area contributed by atoms with Gasteiger partial charge in [-0.3, -0.25) is 4.79 Å². The minimum atomic E-state index is -0.101. The highest BCUT2D eigenvalue weighted by Crippen LogP contribution is 2.32. The molecule has 0 bridgehead atoms. The number of hydrogen-bond acceptors (Lipinski definition) is 2. The van der Waals surface area contributed by atoms with Gasteiger partial charge in [0.25, 0.3) is 0 Å². The Morgan fingerprint density at radius 1 is 1.18 bits per heavy atom. The van der Waals surface area contributed by atoms with Crippen molar-refractivity contribution in [1.29, 1.82) is 0 Å². The van der Waals surface area contributed by atoms with Gasteiger partial charge in [0.05, 0.1) is 18.6 Å². The molecule has 0 aromatic heterocycles. The molecule has 0 unspecified atom stereocenters. The van der Waals surface area contributed by atoms with Gasteiger partial charge in [0.2, 0.25) is 5.91 Å². The standard InChI is InChI=1S/C19H21NO2/c1-2-15(14-8-4-3-5-9-14)19(21)20-17-12-13-22-18-11-7-6-10-16(17)18/h3-11,15,17H,2,12-13H2,1H3,(H,20,21)/t15-,17-/m0/s1. The second-order valence-electron chi connectivity index (χ2n) is 5.61. The van der Waals surface area contributed by atoms with Gasteiger partial charge in [0.15, 0.2) is 0 Å². The van der Waals surface area contributed by atoms with E-state index < -0.39 is 0 Å². The number of benzene rings is 2. The molecule has 1 amide bonds. The number of rotatable bonds is 4. The van der Waals surface area contributed by atoms with Crippen molar-refractivity contribution in [2.75, 3.05) is 6.61 Å². The molecule has 2 atom stereocenters. The molecule has 114 valence electrons. The van der Waals surface area contributed by atoms with Crippen LogP contribution in [0.25, 0.3) is 0 Å². The largest absolute Gasteiger partial charge is 0.493 e. The first-order chi connectivity index (χ1) is 10.8. The van der Waals surface area contributed by atoms with Gasteiger partial charge in [0, 0.05) is 12.0 Å². The fourth-order valence-electron chi connectivity index (χ4n) is 3.02. The van der Waals surface area contributed by atoms with E-state index in [1.807, 2.05) is 54.6 Å². The molecular weight excluding hydrogens is 274 g/mol. The summed E-state index contributed by atoms with van der Waals surface area (Å²) >= 11 is 0. The lowest BCUT2D eigenvalue weighted by atomic mass is 9.94. The van der Waals surface area contributed by atoms with Crippen LogP contribution in [0.3, 0.4) is 0 Å². The molecule has 1 N–H and O–H groups in total. The van der Waals surface area contributed by atoms with Crippen molar-refractivity contribution < 1.29 is 9.53 Å². The molecule has 3 heteroatoms. The molecule has 1 heterocycles. The number of carbonyl (C=O) groups is 1. The highest BCUT2D eigenvalue weighted by Gasteiger charge is 2.26. The summed E-state index contributed by atoms with van der Waals surface area (Å²) < 4.78 is 5.66. The van der Waals surface area contributed by atoms with Gasteiger partial charge in [-0.25, -0.2) is 0 Å². The van der Waals surface area contributed by atoms with E-state index in [-0.39, 0.29) is 17.9 Å². The number of para-hydroxylation sites is 1. The lowest BCUT2D eigenvalue weighted by molar-refractivity contribution is -0.123. The van der Waals surface area contributed by atoms with E-state index in [1.54, 1.807) is 0 Å². The predicted molar refractivity (Wildman–Crippen MR) is 86.9 cm³/mol. The Bertz CT molecular complexity index is 639. The molecule has 2 aromatic carbocycles. The molecule has 1 aliphatic heterocycles. The van der Waals surface area contributed by atoms with E-state index in [4.69, 9.17) is 4.74 Å². The first-order valence-electron chi connectivity index (χ1n) is 7.86. The zero-order valence-electron chi connectivity index (χ0n) is 12.8. The molecule has 22 heavy (non-hydrogen) atoms. The molecule has 0 saturated carbocycles. The van der Waals surface area contributed by atoms with Crippen molar-refractivity contribution in [3.8, 4) is 5.75 Å². The Morgan fingerprint density at radius 3 is 2.68 bits per heavy atom. The molecule has 1 aliphatic rings. The van der Waals surface area contributed by atoms with Crippen LogP contribution in [0, 0.1) is 0 Å². The maximum Gasteiger partial charge on any atom is 0.228 e. The normalized spacial score (nSPS) is 18.0. The SMILES string of the molecule is CC[C@H](C(=O)N[C@H]1CCOc2ccccc21)c1ccccc1. The van der Waals surface area contributed by atoms with Crippen LogP contribution < -0.4 is 10.1 Å². The Kier molecular flexibility index (Phi) is 4.42. The monoisotopic (exact) mass is 295 g/mol. The molecule has 0 aliphatic carbocycles. The summed E-state index contributed by atoms with van der Waals surface area (Å²) in [5, 5.41) is 3.21. The number of nitrogens with one attached hydrogen (secondary N) is 1. The topological polar surface area (TPSA) is 38.3 Å². The summed E-state index contributed by atoms with van der Waals surface area (Å²) in [6.45, 7) is 2.69. The smallest absolute Gasteiger partial charge is 0.228 e. The van der Waals surface area contributed by atoms with Crippen molar-refractivity contribution in [1.82, 2.24) is 5.32 Å². The minimum absolute atomic E-state index is 0.0372. The predicted octanol–water partition coefficient (Wildman–Crippen LogP) is 3.82. The van der Waals surface area contributed by atoms with Gasteiger partial charge in [-0.15, -0.1) is 0 Å². The fraction of sp³-hybridized carbons (Fsp3) is 0.316. The van der Waals surface area contributed by atoms with E-state index in [0.717, 1.165) is 29.7 Å². The van der Waals surface area contributed by atoms with Crippen LogP contribution in [-0.4, -0.2) is 12.5 Å². The van der Waals surface area contributed by atoms with Gasteiger partial charge in [-0.1, -0.05) is 55.5 Å². The van der Waals surface area contributed by atoms with Crippen LogP contribution in [-0.2, 0) is 4.79 Å². The first-order valence-corrected chi connectivity index (χ1v) is 7.86. The number of carbonyl (C=O) groups excluding carboxylic acids is 1. The van der Waals surface area contributed by atoms with Crippen molar-refractivity contribution in [3.05, 3.63) is 65.7 Å². The van der Waals surface area contributed by atoms with E-state index >= 15 is 0 Å². The van der Waals surface area contributed by atoms with Gasteiger partial charge < -0.3 is 10.1 Å².